The lowest BCUT2D eigenvalue weighted by molar-refractivity contribution is 0.305. The van der Waals surface area contributed by atoms with Crippen molar-refractivity contribution in [2.45, 2.75) is 13.5 Å². The van der Waals surface area contributed by atoms with Crippen LogP contribution in [0.15, 0.2) is 64.9 Å². The highest BCUT2D eigenvalue weighted by atomic mass is 32.1. The Morgan fingerprint density at radius 2 is 1.94 bits per heavy atom. The summed E-state index contributed by atoms with van der Waals surface area (Å²) >= 11 is 1.33. The lowest BCUT2D eigenvalue weighted by atomic mass is 9.98. The molecule has 0 saturated heterocycles. The molecule has 0 bridgehead atoms. The highest BCUT2D eigenvalue weighted by Gasteiger charge is 2.20. The number of aromatic nitrogens is 3. The maximum atomic E-state index is 12.9. The number of nitrogens with zero attached hydrogens (tertiary/aromatic N) is 4. The number of hydrogen-bond acceptors (Lipinski definition) is 7. The summed E-state index contributed by atoms with van der Waals surface area (Å²) in [5, 5.41) is 11.8. The normalized spacial score (nSPS) is 11.0. The molecule has 0 aliphatic rings. The Morgan fingerprint density at radius 1 is 1.16 bits per heavy atom. The number of nitrogen functional groups attached to an aromatic ring is 1. The average Bonchev–Trinajstić information content (AvgIpc) is 3.27. The topological polar surface area (TPSA) is 106 Å². The van der Waals surface area contributed by atoms with E-state index in [4.69, 9.17) is 10.5 Å². The van der Waals surface area contributed by atoms with Gasteiger partial charge in [-0.25, -0.2) is 4.98 Å². The van der Waals surface area contributed by atoms with E-state index in [9.17, 15) is 10.1 Å². The molecule has 3 aromatic heterocycles. The Kier molecular flexibility index (Phi) is 4.81. The van der Waals surface area contributed by atoms with Gasteiger partial charge in [-0.15, -0.1) is 11.3 Å². The highest BCUT2D eigenvalue weighted by Crippen LogP contribution is 2.33. The van der Waals surface area contributed by atoms with E-state index in [2.05, 4.69) is 16.0 Å². The predicted molar refractivity (Wildman–Crippen MR) is 125 cm³/mol. The van der Waals surface area contributed by atoms with Crippen LogP contribution in [0.1, 0.15) is 16.7 Å². The number of fused-ring (bicyclic) bond motifs is 3. The van der Waals surface area contributed by atoms with E-state index in [0.717, 1.165) is 11.1 Å². The first-order chi connectivity index (χ1) is 15.6. The SMILES string of the molecule is Cc1ccccc1COc1ccc(-c2c(C#N)c(N)nc3c2c(=O)nc2sccn23)cc1. The fourth-order valence-corrected chi connectivity index (χ4v) is 4.38. The zero-order valence-electron chi connectivity index (χ0n) is 17.1. The monoisotopic (exact) mass is 439 g/mol. The molecule has 156 valence electrons. The minimum absolute atomic E-state index is 0.0699. The van der Waals surface area contributed by atoms with Gasteiger partial charge in [0.1, 0.15) is 29.8 Å². The number of ether oxygens (including phenoxy) is 1. The van der Waals surface area contributed by atoms with Gasteiger partial charge in [-0.1, -0.05) is 36.4 Å². The molecule has 0 radical (unpaired) electrons. The van der Waals surface area contributed by atoms with E-state index >= 15 is 0 Å². The van der Waals surface area contributed by atoms with Crippen molar-refractivity contribution in [3.05, 3.63) is 87.2 Å². The average molecular weight is 440 g/mol. The largest absolute Gasteiger partial charge is 0.489 e. The number of aryl methyl sites for hydroxylation is 1. The van der Waals surface area contributed by atoms with E-state index in [1.807, 2.05) is 60.8 Å². The van der Waals surface area contributed by atoms with Crippen molar-refractivity contribution in [3.63, 3.8) is 0 Å². The Balaban J connectivity index is 1.60. The van der Waals surface area contributed by atoms with Gasteiger partial charge in [0.05, 0.1) is 5.39 Å². The maximum Gasteiger partial charge on any atom is 0.284 e. The molecular weight excluding hydrogens is 422 g/mol. The molecule has 3 heterocycles. The van der Waals surface area contributed by atoms with Gasteiger partial charge in [-0.2, -0.15) is 10.2 Å². The number of benzene rings is 2. The van der Waals surface area contributed by atoms with Crippen LogP contribution in [-0.2, 0) is 6.61 Å². The van der Waals surface area contributed by atoms with E-state index in [0.29, 0.717) is 34.1 Å². The molecule has 0 unspecified atom stereocenters. The molecule has 0 aliphatic heterocycles. The van der Waals surface area contributed by atoms with Crippen LogP contribution in [0.25, 0.3) is 27.1 Å². The zero-order valence-corrected chi connectivity index (χ0v) is 17.9. The van der Waals surface area contributed by atoms with Crippen molar-refractivity contribution >= 4 is 33.1 Å². The van der Waals surface area contributed by atoms with Gasteiger partial charge in [0.25, 0.3) is 5.56 Å². The summed E-state index contributed by atoms with van der Waals surface area (Å²) < 4.78 is 7.63. The number of hydrogen-bond donors (Lipinski definition) is 1. The molecule has 5 aromatic rings. The minimum Gasteiger partial charge on any atom is -0.489 e. The van der Waals surface area contributed by atoms with Gasteiger partial charge in [-0.05, 0) is 35.7 Å². The van der Waals surface area contributed by atoms with Crippen LogP contribution in [0.4, 0.5) is 5.82 Å². The summed E-state index contributed by atoms with van der Waals surface area (Å²) in [5.74, 6) is 0.748. The lowest BCUT2D eigenvalue weighted by Crippen LogP contribution is -2.13. The summed E-state index contributed by atoms with van der Waals surface area (Å²) in [6, 6.07) is 17.4. The lowest BCUT2D eigenvalue weighted by Gasteiger charge is -2.12. The molecule has 0 fully saturated rings. The van der Waals surface area contributed by atoms with Crippen molar-refractivity contribution < 1.29 is 4.74 Å². The number of nitrogens with two attached hydrogens (primary N) is 1. The standard InChI is InChI=1S/C24H17N5O2S/c1-14-4-2-3-5-16(14)13-31-17-8-6-15(7-9-17)19-18(12-25)21(26)27-22-20(19)23(30)28-24-29(22)10-11-32-24/h2-11H,13H2,1H3,(H2,26,27). The third-order valence-electron chi connectivity index (χ3n) is 5.35. The predicted octanol–water partition coefficient (Wildman–Crippen LogP) is 4.31. The van der Waals surface area contributed by atoms with Crippen LogP contribution in [0.2, 0.25) is 0 Å². The first-order valence-electron chi connectivity index (χ1n) is 9.83. The first-order valence-corrected chi connectivity index (χ1v) is 10.7. The van der Waals surface area contributed by atoms with Crippen LogP contribution < -0.4 is 16.0 Å². The van der Waals surface area contributed by atoms with E-state index in [-0.39, 0.29) is 16.8 Å². The van der Waals surface area contributed by atoms with Gasteiger partial charge < -0.3 is 10.5 Å². The van der Waals surface area contributed by atoms with Crippen LogP contribution in [0.5, 0.6) is 5.75 Å². The molecule has 0 spiro atoms. The van der Waals surface area contributed by atoms with Crippen molar-refractivity contribution in [1.82, 2.24) is 14.4 Å². The second kappa shape index (κ2) is 7.80. The minimum atomic E-state index is -0.443. The third-order valence-corrected chi connectivity index (χ3v) is 6.10. The molecule has 0 atom stereocenters. The van der Waals surface area contributed by atoms with Crippen molar-refractivity contribution in [3.8, 4) is 22.9 Å². The molecule has 0 amide bonds. The maximum absolute atomic E-state index is 12.9. The Morgan fingerprint density at radius 3 is 2.69 bits per heavy atom. The fourth-order valence-electron chi connectivity index (χ4n) is 3.68. The molecule has 2 N–H and O–H groups in total. The summed E-state index contributed by atoms with van der Waals surface area (Å²) in [7, 11) is 0. The van der Waals surface area contributed by atoms with E-state index < -0.39 is 5.56 Å². The fraction of sp³-hybridized carbons (Fsp3) is 0.0833. The van der Waals surface area contributed by atoms with Gasteiger partial charge in [-0.3, -0.25) is 9.20 Å². The quantitative estimate of drug-likeness (QED) is 0.447. The Bertz CT molecular complexity index is 1580. The van der Waals surface area contributed by atoms with Crippen LogP contribution in [-0.4, -0.2) is 14.4 Å². The smallest absolute Gasteiger partial charge is 0.284 e. The van der Waals surface area contributed by atoms with Crippen molar-refractivity contribution in [2.75, 3.05) is 5.73 Å². The summed E-state index contributed by atoms with van der Waals surface area (Å²) in [6.07, 6.45) is 1.78. The molecule has 2 aromatic carbocycles. The molecule has 7 nitrogen and oxygen atoms in total. The van der Waals surface area contributed by atoms with Crippen LogP contribution in [0, 0.1) is 18.3 Å². The molecule has 0 aliphatic carbocycles. The number of pyridine rings is 1. The Labute approximate surface area is 187 Å². The summed E-state index contributed by atoms with van der Waals surface area (Å²) in [6.45, 7) is 2.49. The second-order valence-corrected chi connectivity index (χ2v) is 8.14. The van der Waals surface area contributed by atoms with Gasteiger partial charge in [0.2, 0.25) is 0 Å². The number of thiazole rings is 1. The molecule has 5 rings (SSSR count). The van der Waals surface area contributed by atoms with Crippen LogP contribution in [0.3, 0.4) is 0 Å². The third kappa shape index (κ3) is 3.25. The van der Waals surface area contributed by atoms with E-state index in [1.165, 1.54) is 11.3 Å². The van der Waals surface area contributed by atoms with Gasteiger partial charge in [0.15, 0.2) is 10.6 Å². The first kappa shape index (κ1) is 19.7. The van der Waals surface area contributed by atoms with Gasteiger partial charge >= 0.3 is 0 Å². The highest BCUT2D eigenvalue weighted by molar-refractivity contribution is 7.15. The van der Waals surface area contributed by atoms with Crippen molar-refractivity contribution in [2.24, 2.45) is 0 Å². The Hall–Kier alpha value is -4.22. The van der Waals surface area contributed by atoms with Crippen LogP contribution >= 0.6 is 11.3 Å². The molecule has 32 heavy (non-hydrogen) atoms. The number of rotatable bonds is 4. The molecule has 8 heteroatoms. The molecule has 0 saturated carbocycles. The van der Waals surface area contributed by atoms with Gasteiger partial charge in [0, 0.05) is 17.1 Å². The number of nitriles is 1. The number of anilines is 1. The zero-order chi connectivity index (χ0) is 22.2. The van der Waals surface area contributed by atoms with Crippen molar-refractivity contribution in [1.29, 1.82) is 5.26 Å². The molecular formula is C24H17N5O2S. The summed E-state index contributed by atoms with van der Waals surface area (Å²) in [5.41, 5.74) is 9.56. The van der Waals surface area contributed by atoms with E-state index in [1.54, 1.807) is 10.6 Å². The summed E-state index contributed by atoms with van der Waals surface area (Å²) in [4.78, 5) is 21.9. The second-order valence-electron chi connectivity index (χ2n) is 7.27.